The number of benzene rings is 2. The minimum atomic E-state index is -0.0155. The summed E-state index contributed by atoms with van der Waals surface area (Å²) < 4.78 is 1.82. The Balaban J connectivity index is 1.45. The van der Waals surface area contributed by atoms with Crippen LogP contribution in [0.2, 0.25) is 0 Å². The number of thioether (sulfide) groups is 1. The predicted octanol–water partition coefficient (Wildman–Crippen LogP) is 4.73. The van der Waals surface area contributed by atoms with Gasteiger partial charge in [-0.3, -0.25) is 4.79 Å². The van der Waals surface area contributed by atoms with Gasteiger partial charge in [-0.2, -0.15) is 5.10 Å². The Morgan fingerprint density at radius 1 is 1.03 bits per heavy atom. The van der Waals surface area contributed by atoms with Crippen molar-refractivity contribution in [2.45, 2.75) is 32.3 Å². The molecule has 1 amide bonds. The van der Waals surface area contributed by atoms with E-state index in [0.717, 1.165) is 27.4 Å². The van der Waals surface area contributed by atoms with Crippen molar-refractivity contribution in [1.29, 1.82) is 0 Å². The lowest BCUT2D eigenvalue weighted by Crippen LogP contribution is -2.24. The molecule has 0 bridgehead atoms. The maximum atomic E-state index is 12.3. The zero-order valence-corrected chi connectivity index (χ0v) is 18.2. The third kappa shape index (κ3) is 4.54. The van der Waals surface area contributed by atoms with Gasteiger partial charge < -0.3 is 5.32 Å². The number of aryl methyl sites for hydroxylation is 3. The third-order valence-corrected chi connectivity index (χ3v) is 6.10. The van der Waals surface area contributed by atoms with Crippen LogP contribution in [0.3, 0.4) is 0 Å². The van der Waals surface area contributed by atoms with Crippen LogP contribution in [-0.2, 0) is 11.3 Å². The van der Waals surface area contributed by atoms with Gasteiger partial charge in [-0.05, 0) is 49.6 Å². The highest BCUT2D eigenvalue weighted by Crippen LogP contribution is 2.27. The molecule has 4 rings (SSSR count). The van der Waals surface area contributed by atoms with Crippen LogP contribution in [0.5, 0.6) is 0 Å². The first kappa shape index (κ1) is 20.2. The highest BCUT2D eigenvalue weighted by Gasteiger charge is 2.12. The second-order valence-electron chi connectivity index (χ2n) is 7.44. The number of nitrogens with zero attached hydrogens (tertiary/aromatic N) is 3. The van der Waals surface area contributed by atoms with E-state index in [9.17, 15) is 4.79 Å². The van der Waals surface area contributed by atoms with Crippen LogP contribution in [-0.4, -0.2) is 26.3 Å². The van der Waals surface area contributed by atoms with Crippen molar-refractivity contribution >= 4 is 23.2 Å². The molecule has 0 spiro atoms. The second-order valence-corrected chi connectivity index (χ2v) is 8.41. The second kappa shape index (κ2) is 8.71. The fraction of sp³-hybridized carbons (Fsp3) is 0.208. The molecule has 6 heteroatoms. The van der Waals surface area contributed by atoms with E-state index < -0.39 is 0 Å². The van der Waals surface area contributed by atoms with E-state index in [4.69, 9.17) is 0 Å². The average molecular weight is 417 g/mol. The Bertz CT molecular complexity index is 1200. The Kier molecular flexibility index (Phi) is 5.86. The number of carbonyl (C=O) groups is 1. The van der Waals surface area contributed by atoms with E-state index in [1.807, 2.05) is 41.0 Å². The summed E-state index contributed by atoms with van der Waals surface area (Å²) in [7, 11) is 0. The fourth-order valence-corrected chi connectivity index (χ4v) is 3.95. The van der Waals surface area contributed by atoms with Gasteiger partial charge in [-0.25, -0.2) is 9.50 Å². The van der Waals surface area contributed by atoms with Crippen molar-refractivity contribution < 1.29 is 4.79 Å². The largest absolute Gasteiger partial charge is 0.351 e. The molecule has 30 heavy (non-hydrogen) atoms. The van der Waals surface area contributed by atoms with Crippen molar-refractivity contribution in [3.8, 4) is 11.3 Å². The SMILES string of the molecule is Cc1ccc(CNC(=O)CSc2nccn3nc(-c4ccc(C)c(C)c4)cc23)cc1. The summed E-state index contributed by atoms with van der Waals surface area (Å²) in [5.41, 5.74) is 7.68. The Hall–Kier alpha value is -3.12. The maximum Gasteiger partial charge on any atom is 0.230 e. The van der Waals surface area contributed by atoms with Crippen LogP contribution < -0.4 is 5.32 Å². The summed E-state index contributed by atoms with van der Waals surface area (Å²) in [4.78, 5) is 16.8. The molecule has 0 aliphatic heterocycles. The van der Waals surface area contributed by atoms with E-state index in [1.165, 1.54) is 28.5 Å². The third-order valence-electron chi connectivity index (χ3n) is 5.11. The van der Waals surface area contributed by atoms with Gasteiger partial charge in [0.1, 0.15) is 5.03 Å². The molecule has 0 saturated heterocycles. The number of rotatable bonds is 6. The molecule has 4 aromatic rings. The average Bonchev–Trinajstić information content (AvgIpc) is 3.18. The Labute approximate surface area is 180 Å². The van der Waals surface area contributed by atoms with Crippen LogP contribution in [0.4, 0.5) is 0 Å². The van der Waals surface area contributed by atoms with Gasteiger partial charge in [-0.1, -0.05) is 53.7 Å². The minimum absolute atomic E-state index is 0.0155. The molecule has 0 unspecified atom stereocenters. The van der Waals surface area contributed by atoms with Crippen LogP contribution in [0, 0.1) is 20.8 Å². The fourth-order valence-electron chi connectivity index (χ4n) is 3.14. The molecule has 0 radical (unpaired) electrons. The standard InChI is InChI=1S/C24H24N4OS/c1-16-4-7-19(8-5-16)14-26-23(29)15-30-24-22-13-21(27-28(22)11-10-25-24)20-9-6-17(2)18(3)12-20/h4-13H,14-15H2,1-3H3,(H,26,29). The van der Waals surface area contributed by atoms with E-state index in [1.54, 1.807) is 6.20 Å². The molecule has 5 nitrogen and oxygen atoms in total. The number of nitrogens with one attached hydrogen (secondary N) is 1. The van der Waals surface area contributed by atoms with E-state index >= 15 is 0 Å². The van der Waals surface area contributed by atoms with Crippen LogP contribution >= 0.6 is 11.8 Å². The molecule has 2 heterocycles. The molecule has 0 fully saturated rings. The molecule has 0 atom stereocenters. The van der Waals surface area contributed by atoms with E-state index in [2.05, 4.69) is 54.4 Å². The summed E-state index contributed by atoms with van der Waals surface area (Å²) in [5, 5.41) is 8.45. The zero-order valence-electron chi connectivity index (χ0n) is 17.3. The summed E-state index contributed by atoms with van der Waals surface area (Å²) in [6.45, 7) is 6.79. The minimum Gasteiger partial charge on any atom is -0.351 e. The molecule has 2 aromatic carbocycles. The normalized spacial score (nSPS) is 11.0. The number of hydrogen-bond donors (Lipinski definition) is 1. The molecular weight excluding hydrogens is 392 g/mol. The molecule has 1 N–H and O–H groups in total. The number of aromatic nitrogens is 3. The number of hydrogen-bond acceptors (Lipinski definition) is 4. The van der Waals surface area contributed by atoms with Crippen LogP contribution in [0.15, 0.2) is 66.0 Å². The first-order valence-corrected chi connectivity index (χ1v) is 10.9. The summed E-state index contributed by atoms with van der Waals surface area (Å²) in [5.74, 6) is 0.293. The topological polar surface area (TPSA) is 59.3 Å². The lowest BCUT2D eigenvalue weighted by atomic mass is 10.0. The Morgan fingerprint density at radius 3 is 2.60 bits per heavy atom. The van der Waals surface area contributed by atoms with Gasteiger partial charge in [-0.15, -0.1) is 0 Å². The summed E-state index contributed by atoms with van der Waals surface area (Å²) in [6, 6.07) is 16.5. The van der Waals surface area contributed by atoms with Crippen molar-refractivity contribution in [3.05, 3.63) is 83.2 Å². The molecule has 2 aromatic heterocycles. The Morgan fingerprint density at radius 2 is 1.83 bits per heavy atom. The molecular formula is C24H24N4OS. The van der Waals surface area contributed by atoms with Gasteiger partial charge in [0.05, 0.1) is 17.0 Å². The van der Waals surface area contributed by atoms with E-state index in [0.29, 0.717) is 12.3 Å². The predicted molar refractivity (Wildman–Crippen MR) is 122 cm³/mol. The zero-order chi connectivity index (χ0) is 21.1. The monoisotopic (exact) mass is 416 g/mol. The quantitative estimate of drug-likeness (QED) is 0.462. The molecule has 0 saturated carbocycles. The maximum absolute atomic E-state index is 12.3. The van der Waals surface area contributed by atoms with Crippen LogP contribution in [0.1, 0.15) is 22.3 Å². The summed E-state index contributed by atoms with van der Waals surface area (Å²) >= 11 is 1.43. The highest BCUT2D eigenvalue weighted by molar-refractivity contribution is 8.00. The van der Waals surface area contributed by atoms with Crippen LogP contribution in [0.25, 0.3) is 16.8 Å². The number of amides is 1. The van der Waals surface area contributed by atoms with Gasteiger partial charge in [0.2, 0.25) is 5.91 Å². The first-order valence-electron chi connectivity index (χ1n) is 9.86. The number of carbonyl (C=O) groups excluding carboxylic acids is 1. The van der Waals surface area contributed by atoms with E-state index in [-0.39, 0.29) is 5.91 Å². The highest BCUT2D eigenvalue weighted by atomic mass is 32.2. The van der Waals surface area contributed by atoms with Gasteiger partial charge >= 0.3 is 0 Å². The van der Waals surface area contributed by atoms with Crippen molar-refractivity contribution in [2.75, 3.05) is 5.75 Å². The smallest absolute Gasteiger partial charge is 0.230 e. The van der Waals surface area contributed by atoms with Crippen molar-refractivity contribution in [2.24, 2.45) is 0 Å². The van der Waals surface area contributed by atoms with Crippen molar-refractivity contribution in [3.63, 3.8) is 0 Å². The molecule has 0 aliphatic carbocycles. The van der Waals surface area contributed by atoms with Gasteiger partial charge in [0.25, 0.3) is 0 Å². The van der Waals surface area contributed by atoms with Crippen molar-refractivity contribution in [1.82, 2.24) is 19.9 Å². The first-order chi connectivity index (χ1) is 14.5. The summed E-state index contributed by atoms with van der Waals surface area (Å²) in [6.07, 6.45) is 3.55. The lowest BCUT2D eigenvalue weighted by molar-refractivity contribution is -0.118. The molecule has 152 valence electrons. The number of fused-ring (bicyclic) bond motifs is 1. The van der Waals surface area contributed by atoms with Gasteiger partial charge in [0, 0.05) is 24.5 Å². The lowest BCUT2D eigenvalue weighted by Gasteiger charge is -2.06. The molecule has 0 aliphatic rings. The van der Waals surface area contributed by atoms with Gasteiger partial charge in [0.15, 0.2) is 0 Å².